The van der Waals surface area contributed by atoms with Gasteiger partial charge in [0.25, 0.3) is 5.56 Å². The van der Waals surface area contributed by atoms with E-state index < -0.39 is 0 Å². The molecule has 1 N–H and O–H groups in total. The van der Waals surface area contributed by atoms with E-state index in [0.717, 1.165) is 43.9 Å². The van der Waals surface area contributed by atoms with Crippen molar-refractivity contribution in [2.24, 2.45) is 0 Å². The van der Waals surface area contributed by atoms with Gasteiger partial charge in [-0.3, -0.25) is 19.7 Å². The van der Waals surface area contributed by atoms with Crippen molar-refractivity contribution < 1.29 is 0 Å². The molecule has 1 atom stereocenters. The molecular weight excluding hydrogens is 326 g/mol. The van der Waals surface area contributed by atoms with Crippen molar-refractivity contribution in [3.8, 4) is 11.5 Å². The lowest BCUT2D eigenvalue weighted by atomic mass is 9.94. The van der Waals surface area contributed by atoms with Gasteiger partial charge >= 0.3 is 0 Å². The van der Waals surface area contributed by atoms with E-state index in [4.69, 9.17) is 4.98 Å². The summed E-state index contributed by atoms with van der Waals surface area (Å²) >= 11 is 0. The summed E-state index contributed by atoms with van der Waals surface area (Å²) in [5, 5.41) is 0. The molecule has 6 heteroatoms. The second-order valence-corrected chi connectivity index (χ2v) is 6.63. The van der Waals surface area contributed by atoms with Crippen LogP contribution < -0.4 is 5.56 Å². The predicted octanol–water partition coefficient (Wildman–Crippen LogP) is 2.61. The van der Waals surface area contributed by atoms with Gasteiger partial charge in [-0.2, -0.15) is 0 Å². The Labute approximate surface area is 152 Å². The molecule has 1 saturated heterocycles. The summed E-state index contributed by atoms with van der Waals surface area (Å²) in [7, 11) is 0. The van der Waals surface area contributed by atoms with E-state index in [2.05, 4.69) is 19.9 Å². The number of rotatable bonds is 4. The average molecular weight is 347 g/mol. The van der Waals surface area contributed by atoms with Crippen LogP contribution in [0.25, 0.3) is 11.5 Å². The van der Waals surface area contributed by atoms with Gasteiger partial charge in [0, 0.05) is 37.5 Å². The Morgan fingerprint density at radius 2 is 1.96 bits per heavy atom. The number of H-pyrrole nitrogens is 1. The fourth-order valence-corrected chi connectivity index (χ4v) is 3.47. The topological polar surface area (TPSA) is 74.8 Å². The first kappa shape index (κ1) is 16.6. The molecule has 0 aromatic carbocycles. The molecule has 0 aliphatic carbocycles. The standard InChI is InChI=1S/C20H21N5O/c26-19-12-18(23-20(24-19)17-8-2-4-10-22-17)15-6-5-11-25(13-15)14-16-7-1-3-9-21-16/h1-4,7-10,12,15H,5-6,11,13-14H2,(H,23,24,26)/t15-/m0/s1. The molecule has 0 radical (unpaired) electrons. The van der Waals surface area contributed by atoms with Gasteiger partial charge in [-0.15, -0.1) is 0 Å². The van der Waals surface area contributed by atoms with Gasteiger partial charge in [-0.05, 0) is 43.7 Å². The third-order valence-corrected chi connectivity index (χ3v) is 4.70. The molecule has 0 amide bonds. The van der Waals surface area contributed by atoms with E-state index in [1.807, 2.05) is 42.6 Å². The zero-order chi connectivity index (χ0) is 17.8. The molecular formula is C20H21N5O. The van der Waals surface area contributed by atoms with Crippen LogP contribution in [0.4, 0.5) is 0 Å². The molecule has 26 heavy (non-hydrogen) atoms. The molecule has 0 spiro atoms. The predicted molar refractivity (Wildman–Crippen MR) is 99.6 cm³/mol. The Morgan fingerprint density at radius 1 is 1.12 bits per heavy atom. The Morgan fingerprint density at radius 3 is 2.73 bits per heavy atom. The Kier molecular flexibility index (Phi) is 4.84. The van der Waals surface area contributed by atoms with Crippen molar-refractivity contribution in [1.82, 2.24) is 24.8 Å². The maximum absolute atomic E-state index is 12.2. The molecule has 6 nitrogen and oxygen atoms in total. The van der Waals surface area contributed by atoms with Crippen LogP contribution in [-0.2, 0) is 6.54 Å². The van der Waals surface area contributed by atoms with Crippen LogP contribution in [0.15, 0.2) is 59.7 Å². The van der Waals surface area contributed by atoms with Crippen molar-refractivity contribution >= 4 is 0 Å². The number of pyridine rings is 2. The molecule has 1 aliphatic heterocycles. The molecule has 3 aromatic rings. The number of hydrogen-bond donors (Lipinski definition) is 1. The number of aromatic amines is 1. The normalized spacial score (nSPS) is 17.9. The zero-order valence-corrected chi connectivity index (χ0v) is 14.5. The number of likely N-dealkylation sites (tertiary alicyclic amines) is 1. The maximum atomic E-state index is 12.2. The molecule has 3 aromatic heterocycles. The lowest BCUT2D eigenvalue weighted by Gasteiger charge is -2.32. The average Bonchev–Trinajstić information content (AvgIpc) is 2.69. The number of nitrogens with zero attached hydrogens (tertiary/aromatic N) is 4. The Balaban J connectivity index is 1.55. The zero-order valence-electron chi connectivity index (χ0n) is 14.5. The Hall–Kier alpha value is -2.86. The summed E-state index contributed by atoms with van der Waals surface area (Å²) in [6, 6.07) is 13.2. The first-order valence-electron chi connectivity index (χ1n) is 8.93. The monoisotopic (exact) mass is 347 g/mol. The highest BCUT2D eigenvalue weighted by molar-refractivity contribution is 5.48. The van der Waals surface area contributed by atoms with Crippen LogP contribution in [-0.4, -0.2) is 37.9 Å². The number of piperidine rings is 1. The Bertz CT molecular complexity index is 910. The van der Waals surface area contributed by atoms with Gasteiger partial charge in [-0.25, -0.2) is 4.98 Å². The molecule has 0 saturated carbocycles. The second-order valence-electron chi connectivity index (χ2n) is 6.63. The third kappa shape index (κ3) is 3.86. The fourth-order valence-electron chi connectivity index (χ4n) is 3.47. The lowest BCUT2D eigenvalue weighted by molar-refractivity contribution is 0.196. The van der Waals surface area contributed by atoms with Crippen molar-refractivity contribution in [3.05, 3.63) is 76.6 Å². The maximum Gasteiger partial charge on any atom is 0.251 e. The minimum Gasteiger partial charge on any atom is -0.305 e. The number of hydrogen-bond acceptors (Lipinski definition) is 5. The van der Waals surface area contributed by atoms with Gasteiger partial charge < -0.3 is 4.98 Å². The SMILES string of the molecule is O=c1cc([C@H]2CCCN(Cc3ccccn3)C2)nc(-c2ccccn2)[nH]1. The largest absolute Gasteiger partial charge is 0.305 e. The van der Waals surface area contributed by atoms with Crippen molar-refractivity contribution in [2.45, 2.75) is 25.3 Å². The molecule has 4 heterocycles. The highest BCUT2D eigenvalue weighted by atomic mass is 16.1. The van der Waals surface area contributed by atoms with Crippen LogP contribution in [0.3, 0.4) is 0 Å². The van der Waals surface area contributed by atoms with E-state index in [1.165, 1.54) is 0 Å². The van der Waals surface area contributed by atoms with E-state index in [0.29, 0.717) is 11.5 Å². The van der Waals surface area contributed by atoms with Crippen LogP contribution in [0, 0.1) is 0 Å². The lowest BCUT2D eigenvalue weighted by Crippen LogP contribution is -2.34. The smallest absolute Gasteiger partial charge is 0.251 e. The minimum absolute atomic E-state index is 0.127. The van der Waals surface area contributed by atoms with E-state index in [-0.39, 0.29) is 11.5 Å². The fraction of sp³-hybridized carbons (Fsp3) is 0.300. The van der Waals surface area contributed by atoms with E-state index >= 15 is 0 Å². The van der Waals surface area contributed by atoms with Crippen LogP contribution in [0.2, 0.25) is 0 Å². The first-order chi connectivity index (χ1) is 12.8. The summed E-state index contributed by atoms with van der Waals surface area (Å²) in [5.41, 5.74) is 2.48. The third-order valence-electron chi connectivity index (χ3n) is 4.70. The summed E-state index contributed by atoms with van der Waals surface area (Å²) in [5.74, 6) is 0.784. The molecule has 1 aliphatic rings. The number of nitrogens with one attached hydrogen (secondary N) is 1. The molecule has 0 unspecified atom stereocenters. The molecule has 132 valence electrons. The van der Waals surface area contributed by atoms with Crippen LogP contribution in [0.5, 0.6) is 0 Å². The van der Waals surface area contributed by atoms with Crippen molar-refractivity contribution in [3.63, 3.8) is 0 Å². The van der Waals surface area contributed by atoms with Gasteiger partial charge in [0.05, 0.1) is 11.4 Å². The van der Waals surface area contributed by atoms with Crippen molar-refractivity contribution in [1.29, 1.82) is 0 Å². The van der Waals surface area contributed by atoms with Gasteiger partial charge in [-0.1, -0.05) is 12.1 Å². The quantitative estimate of drug-likeness (QED) is 0.785. The van der Waals surface area contributed by atoms with Gasteiger partial charge in [0.1, 0.15) is 5.69 Å². The second kappa shape index (κ2) is 7.58. The summed E-state index contributed by atoms with van der Waals surface area (Å²) in [6.45, 7) is 2.76. The minimum atomic E-state index is -0.127. The molecule has 0 bridgehead atoms. The van der Waals surface area contributed by atoms with Gasteiger partial charge in [0.15, 0.2) is 5.82 Å². The molecule has 1 fully saturated rings. The van der Waals surface area contributed by atoms with E-state index in [9.17, 15) is 4.79 Å². The number of aromatic nitrogens is 4. The van der Waals surface area contributed by atoms with E-state index in [1.54, 1.807) is 12.3 Å². The highest BCUT2D eigenvalue weighted by Crippen LogP contribution is 2.26. The van der Waals surface area contributed by atoms with Crippen LogP contribution >= 0.6 is 0 Å². The van der Waals surface area contributed by atoms with Gasteiger partial charge in [0.2, 0.25) is 0 Å². The van der Waals surface area contributed by atoms with Crippen molar-refractivity contribution in [2.75, 3.05) is 13.1 Å². The highest BCUT2D eigenvalue weighted by Gasteiger charge is 2.23. The first-order valence-corrected chi connectivity index (χ1v) is 8.93. The summed E-state index contributed by atoms with van der Waals surface area (Å²) in [6.07, 6.45) is 5.66. The summed E-state index contributed by atoms with van der Waals surface area (Å²) in [4.78, 5) is 30.8. The summed E-state index contributed by atoms with van der Waals surface area (Å²) < 4.78 is 0. The van der Waals surface area contributed by atoms with Crippen LogP contribution in [0.1, 0.15) is 30.1 Å². The molecule has 4 rings (SSSR count).